The second-order valence-electron chi connectivity index (χ2n) is 15.3. The number of rotatable bonds is 15. The number of fused-ring (bicyclic) bond motifs is 2. The number of ether oxygens (including phenoxy) is 1. The Hall–Kier alpha value is -5.82. The molecule has 1 aliphatic carbocycles. The summed E-state index contributed by atoms with van der Waals surface area (Å²) in [6.07, 6.45) is 11.5. The summed E-state index contributed by atoms with van der Waals surface area (Å²) >= 11 is 0. The number of nitrogens with one attached hydrogen (secondary N) is 3. The highest BCUT2D eigenvalue weighted by Gasteiger charge is 2.28. The van der Waals surface area contributed by atoms with E-state index in [1.165, 1.54) is 11.3 Å². The zero-order chi connectivity index (χ0) is 39.3. The number of anilines is 3. The quantitative estimate of drug-likeness (QED) is 0.0631. The van der Waals surface area contributed by atoms with Crippen LogP contribution in [0.3, 0.4) is 0 Å². The number of hydrogen-bond donors (Lipinski definition) is 3. The predicted molar refractivity (Wildman–Crippen MR) is 222 cm³/mol. The summed E-state index contributed by atoms with van der Waals surface area (Å²) in [5, 5.41) is 9.94. The number of imide groups is 1. The number of aromatic nitrogens is 5. The van der Waals surface area contributed by atoms with Crippen molar-refractivity contribution < 1.29 is 14.3 Å². The Bertz CT molecular complexity index is 2290. The van der Waals surface area contributed by atoms with Crippen LogP contribution >= 0.6 is 0 Å². The van der Waals surface area contributed by atoms with Crippen LogP contribution in [0.25, 0.3) is 16.9 Å². The van der Waals surface area contributed by atoms with E-state index in [2.05, 4.69) is 57.5 Å². The highest BCUT2D eigenvalue weighted by atomic mass is 16.5. The number of aryl methyl sites for hydroxylation is 1. The molecule has 2 atom stereocenters. The maximum absolute atomic E-state index is 13.5. The van der Waals surface area contributed by atoms with Crippen molar-refractivity contribution in [2.75, 3.05) is 36.5 Å². The van der Waals surface area contributed by atoms with Crippen molar-refractivity contribution in [3.05, 3.63) is 107 Å². The standard InChI is InChI=1S/C44H51N9O4/c1-3-24-52-43(56)37-28-46-44(50-41(37)53(52)38-19-11-31-8-7-29(4-2)40(31)48-38)47-33-12-14-34(15-13-33)51-25-21-32(22-26-51)45-23-5-6-27-57-35-16-9-30(10-17-35)36-18-20-39(54)49-42(36)55/h3,9-17,19,28-29,32,36,45H,1,4-8,18,20-27H2,2H3,(H,46,47,50)(H,49,54,55). The predicted octanol–water partition coefficient (Wildman–Crippen LogP) is 6.28. The van der Waals surface area contributed by atoms with Crippen molar-refractivity contribution in [1.29, 1.82) is 0 Å². The Kier molecular flexibility index (Phi) is 11.4. The van der Waals surface area contributed by atoms with Crippen molar-refractivity contribution in [1.82, 2.24) is 34.9 Å². The maximum Gasteiger partial charge on any atom is 0.278 e. The van der Waals surface area contributed by atoms with E-state index in [9.17, 15) is 14.4 Å². The fraction of sp³-hybridized carbons (Fsp3) is 0.409. The van der Waals surface area contributed by atoms with Crippen LogP contribution in [-0.4, -0.2) is 68.4 Å². The molecular weight excluding hydrogens is 719 g/mol. The molecule has 3 aromatic heterocycles. The molecule has 296 valence electrons. The zero-order valence-corrected chi connectivity index (χ0v) is 32.6. The third-order valence-corrected chi connectivity index (χ3v) is 11.6. The van der Waals surface area contributed by atoms with Gasteiger partial charge >= 0.3 is 0 Å². The van der Waals surface area contributed by atoms with Crippen molar-refractivity contribution in [3.63, 3.8) is 0 Å². The number of carbonyl (C=O) groups is 2. The maximum atomic E-state index is 13.5. The number of allylic oxidation sites excluding steroid dienone is 1. The average Bonchev–Trinajstić information content (AvgIpc) is 3.77. The van der Waals surface area contributed by atoms with Crippen molar-refractivity contribution in [2.24, 2.45) is 0 Å². The van der Waals surface area contributed by atoms with Gasteiger partial charge in [-0.2, -0.15) is 4.98 Å². The smallest absolute Gasteiger partial charge is 0.278 e. The summed E-state index contributed by atoms with van der Waals surface area (Å²) in [5.41, 5.74) is 5.70. The van der Waals surface area contributed by atoms with Crippen LogP contribution in [-0.2, 0) is 22.6 Å². The third kappa shape index (κ3) is 8.34. The Labute approximate surface area is 332 Å². The summed E-state index contributed by atoms with van der Waals surface area (Å²) in [6, 6.07) is 20.6. The number of unbranched alkanes of at least 4 members (excludes halogenated alkanes) is 1. The molecule has 3 aliphatic rings. The minimum Gasteiger partial charge on any atom is -0.494 e. The van der Waals surface area contributed by atoms with Gasteiger partial charge in [-0.1, -0.05) is 31.2 Å². The Balaban J connectivity index is 0.805. The Morgan fingerprint density at radius 2 is 1.74 bits per heavy atom. The molecule has 3 N–H and O–H groups in total. The molecular formula is C44H51N9O4. The number of pyridine rings is 1. The molecule has 2 unspecified atom stereocenters. The zero-order valence-electron chi connectivity index (χ0n) is 32.6. The van der Waals surface area contributed by atoms with E-state index in [0.717, 1.165) is 87.3 Å². The van der Waals surface area contributed by atoms with E-state index in [-0.39, 0.29) is 23.3 Å². The molecule has 0 radical (unpaired) electrons. The fourth-order valence-corrected chi connectivity index (χ4v) is 8.41. The van der Waals surface area contributed by atoms with Gasteiger partial charge in [0, 0.05) is 54.7 Å². The molecule has 2 amide bonds. The van der Waals surface area contributed by atoms with Crippen LogP contribution in [0.2, 0.25) is 0 Å². The van der Waals surface area contributed by atoms with Gasteiger partial charge in [0.05, 0.1) is 19.1 Å². The van der Waals surface area contributed by atoms with Crippen molar-refractivity contribution in [3.8, 4) is 11.6 Å². The van der Waals surface area contributed by atoms with E-state index in [1.54, 1.807) is 17.0 Å². The van der Waals surface area contributed by atoms with Gasteiger partial charge in [0.15, 0.2) is 11.5 Å². The van der Waals surface area contributed by atoms with Crippen LogP contribution in [0.4, 0.5) is 17.3 Å². The van der Waals surface area contributed by atoms with Gasteiger partial charge in [-0.05, 0) is 112 Å². The molecule has 2 saturated heterocycles. The van der Waals surface area contributed by atoms with Crippen LogP contribution in [0, 0.1) is 0 Å². The molecule has 57 heavy (non-hydrogen) atoms. The molecule has 2 aromatic carbocycles. The van der Waals surface area contributed by atoms with Crippen molar-refractivity contribution >= 4 is 40.2 Å². The lowest BCUT2D eigenvalue weighted by molar-refractivity contribution is -0.134. The molecule has 2 fully saturated rings. The van der Waals surface area contributed by atoms with Crippen LogP contribution in [0.1, 0.15) is 86.9 Å². The first-order chi connectivity index (χ1) is 27.9. The highest BCUT2D eigenvalue weighted by molar-refractivity contribution is 6.00. The largest absolute Gasteiger partial charge is 0.494 e. The monoisotopic (exact) mass is 769 g/mol. The van der Waals surface area contributed by atoms with Crippen LogP contribution in [0.5, 0.6) is 5.75 Å². The summed E-state index contributed by atoms with van der Waals surface area (Å²) in [7, 11) is 0. The fourth-order valence-electron chi connectivity index (χ4n) is 8.41. The van der Waals surface area contributed by atoms with Gasteiger partial charge in [-0.25, -0.2) is 19.3 Å². The SMILES string of the molecule is C=CCn1c(=O)c2cnc(Nc3ccc(N4CCC(NCCCCOc5ccc(C6CCC(=O)NC6=O)cc5)CC4)cc3)nc2n1-c1ccc2c(n1)C(CC)CC2. The topological polar surface area (TPSA) is 148 Å². The minimum absolute atomic E-state index is 0.173. The number of amides is 2. The number of piperidine rings is 2. The van der Waals surface area contributed by atoms with Gasteiger partial charge in [0.1, 0.15) is 11.1 Å². The number of carbonyl (C=O) groups excluding carboxylic acids is 2. The Morgan fingerprint density at radius 3 is 2.49 bits per heavy atom. The number of hydrogen-bond acceptors (Lipinski definition) is 10. The molecule has 2 aliphatic heterocycles. The molecule has 13 nitrogen and oxygen atoms in total. The third-order valence-electron chi connectivity index (χ3n) is 11.6. The lowest BCUT2D eigenvalue weighted by Crippen LogP contribution is -2.42. The van der Waals surface area contributed by atoms with Crippen LogP contribution in [0.15, 0.2) is 84.3 Å². The van der Waals surface area contributed by atoms with Gasteiger partial charge in [-0.3, -0.25) is 19.7 Å². The Morgan fingerprint density at radius 1 is 0.930 bits per heavy atom. The first-order valence-corrected chi connectivity index (χ1v) is 20.4. The minimum atomic E-state index is -0.277. The van der Waals surface area contributed by atoms with Crippen LogP contribution < -0.4 is 31.1 Å². The summed E-state index contributed by atoms with van der Waals surface area (Å²) in [6.45, 7) is 9.97. The first-order valence-electron chi connectivity index (χ1n) is 20.4. The molecule has 5 heterocycles. The van der Waals surface area contributed by atoms with Gasteiger partial charge in [0.2, 0.25) is 17.8 Å². The van der Waals surface area contributed by atoms with Gasteiger partial charge in [0.25, 0.3) is 5.56 Å². The molecule has 13 heteroatoms. The normalized spacial score (nSPS) is 18.4. The summed E-state index contributed by atoms with van der Waals surface area (Å²) in [5.74, 6) is 1.61. The van der Waals surface area contributed by atoms with E-state index in [0.29, 0.717) is 60.8 Å². The van der Waals surface area contributed by atoms with E-state index in [1.807, 2.05) is 47.1 Å². The summed E-state index contributed by atoms with van der Waals surface area (Å²) < 4.78 is 9.37. The second-order valence-corrected chi connectivity index (χ2v) is 15.3. The lowest BCUT2D eigenvalue weighted by Gasteiger charge is -2.34. The number of benzene rings is 2. The average molecular weight is 770 g/mol. The molecule has 8 rings (SSSR count). The molecule has 0 spiro atoms. The first kappa shape index (κ1) is 38.1. The molecule has 0 saturated carbocycles. The van der Waals surface area contributed by atoms with Gasteiger partial charge < -0.3 is 20.3 Å². The molecule has 0 bridgehead atoms. The lowest BCUT2D eigenvalue weighted by atomic mass is 9.90. The van der Waals surface area contributed by atoms with E-state index in [4.69, 9.17) is 14.7 Å². The van der Waals surface area contributed by atoms with E-state index < -0.39 is 0 Å². The van der Waals surface area contributed by atoms with Crippen molar-refractivity contribution in [2.45, 2.75) is 89.1 Å². The molecule has 5 aromatic rings. The highest BCUT2D eigenvalue weighted by Crippen LogP contribution is 2.35. The second kappa shape index (κ2) is 17.1. The van der Waals surface area contributed by atoms with E-state index >= 15 is 0 Å². The van der Waals surface area contributed by atoms with Gasteiger partial charge in [-0.15, -0.1) is 6.58 Å². The number of nitrogens with zero attached hydrogens (tertiary/aromatic N) is 6. The summed E-state index contributed by atoms with van der Waals surface area (Å²) in [4.78, 5) is 53.9.